The summed E-state index contributed by atoms with van der Waals surface area (Å²) in [5.74, 6) is 1.10. The van der Waals surface area contributed by atoms with Crippen molar-refractivity contribution in [1.82, 2.24) is 0 Å². The number of benzene rings is 2. The molecule has 0 aromatic heterocycles. The highest BCUT2D eigenvalue weighted by molar-refractivity contribution is 5.88. The molecule has 0 amide bonds. The number of phenols is 1. The Morgan fingerprint density at radius 1 is 1.14 bits per heavy atom. The summed E-state index contributed by atoms with van der Waals surface area (Å²) in [6.07, 6.45) is 0. The molecule has 1 N–H and O–H groups in total. The fourth-order valence-corrected chi connectivity index (χ4v) is 1.63. The van der Waals surface area contributed by atoms with Crippen LogP contribution in [0.25, 0.3) is 10.8 Å². The van der Waals surface area contributed by atoms with Gasteiger partial charge in [-0.2, -0.15) is 0 Å². The van der Waals surface area contributed by atoms with Gasteiger partial charge >= 0.3 is 0 Å². The largest absolute Gasteiger partial charge is 0.508 e. The average molecular weight is 188 g/mol. The molecule has 0 saturated heterocycles. The second kappa shape index (κ2) is 3.22. The third-order valence-electron chi connectivity index (χ3n) is 2.35. The van der Waals surface area contributed by atoms with Gasteiger partial charge in [-0.05, 0) is 47.5 Å². The first-order chi connectivity index (χ1) is 6.70. The number of aryl methyl sites for hydroxylation is 1. The zero-order chi connectivity index (χ0) is 10.1. The van der Waals surface area contributed by atoms with E-state index < -0.39 is 0 Å². The van der Waals surface area contributed by atoms with Crippen molar-refractivity contribution in [2.45, 2.75) is 6.92 Å². The van der Waals surface area contributed by atoms with Crippen LogP contribution in [-0.4, -0.2) is 12.2 Å². The number of fused-ring (bicyclic) bond motifs is 1. The van der Waals surface area contributed by atoms with Gasteiger partial charge < -0.3 is 9.84 Å². The molecule has 0 radical (unpaired) electrons. The molecular weight excluding hydrogens is 176 g/mol. The van der Waals surface area contributed by atoms with Crippen LogP contribution >= 0.6 is 0 Å². The Morgan fingerprint density at radius 2 is 1.93 bits per heavy atom. The summed E-state index contributed by atoms with van der Waals surface area (Å²) in [6, 6.07) is 9.26. The normalized spacial score (nSPS) is 10.4. The summed E-state index contributed by atoms with van der Waals surface area (Å²) in [6.45, 7) is 2.03. The molecule has 0 saturated carbocycles. The second-order valence-corrected chi connectivity index (χ2v) is 3.35. The van der Waals surface area contributed by atoms with Gasteiger partial charge in [-0.3, -0.25) is 0 Å². The van der Waals surface area contributed by atoms with E-state index in [4.69, 9.17) is 4.74 Å². The van der Waals surface area contributed by atoms with Crippen LogP contribution in [0.15, 0.2) is 30.3 Å². The van der Waals surface area contributed by atoms with E-state index in [-0.39, 0.29) is 5.75 Å². The summed E-state index contributed by atoms with van der Waals surface area (Å²) >= 11 is 0. The molecule has 72 valence electrons. The monoisotopic (exact) mass is 188 g/mol. The van der Waals surface area contributed by atoms with Crippen molar-refractivity contribution in [1.29, 1.82) is 0 Å². The Balaban J connectivity index is 2.77. The van der Waals surface area contributed by atoms with Gasteiger partial charge in [-0.1, -0.05) is 6.07 Å². The van der Waals surface area contributed by atoms with Crippen molar-refractivity contribution in [3.05, 3.63) is 35.9 Å². The Bertz CT molecular complexity index is 475. The van der Waals surface area contributed by atoms with Crippen LogP contribution in [0, 0.1) is 6.92 Å². The maximum atomic E-state index is 9.34. The van der Waals surface area contributed by atoms with Gasteiger partial charge in [-0.15, -0.1) is 0 Å². The van der Waals surface area contributed by atoms with Crippen molar-refractivity contribution < 1.29 is 9.84 Å². The minimum absolute atomic E-state index is 0.283. The van der Waals surface area contributed by atoms with E-state index in [1.54, 1.807) is 19.2 Å². The highest BCUT2D eigenvalue weighted by Gasteiger charge is 2.01. The first-order valence-electron chi connectivity index (χ1n) is 4.48. The highest BCUT2D eigenvalue weighted by Crippen LogP contribution is 2.27. The molecular formula is C12H12O2. The first kappa shape index (κ1) is 8.88. The summed E-state index contributed by atoms with van der Waals surface area (Å²) < 4.78 is 5.16. The maximum Gasteiger partial charge on any atom is 0.119 e. The molecule has 0 fully saturated rings. The molecule has 0 unspecified atom stereocenters. The van der Waals surface area contributed by atoms with Crippen molar-refractivity contribution in [2.75, 3.05) is 7.11 Å². The predicted molar refractivity (Wildman–Crippen MR) is 56.9 cm³/mol. The Labute approximate surface area is 82.8 Å². The lowest BCUT2D eigenvalue weighted by atomic mass is 10.0. The van der Waals surface area contributed by atoms with E-state index in [1.165, 1.54) is 0 Å². The number of rotatable bonds is 1. The smallest absolute Gasteiger partial charge is 0.119 e. The molecule has 0 heterocycles. The number of phenolic OH excluding ortho intramolecular Hbond substituents is 1. The van der Waals surface area contributed by atoms with E-state index in [1.807, 2.05) is 25.1 Å². The number of aromatic hydroxyl groups is 1. The molecule has 14 heavy (non-hydrogen) atoms. The molecule has 0 atom stereocenters. The second-order valence-electron chi connectivity index (χ2n) is 3.35. The first-order valence-corrected chi connectivity index (χ1v) is 4.48. The number of methoxy groups -OCH3 is 1. The molecule has 2 aromatic rings. The zero-order valence-corrected chi connectivity index (χ0v) is 8.24. The third-order valence-corrected chi connectivity index (χ3v) is 2.35. The SMILES string of the molecule is COc1cc(C)c2ccc(O)cc2c1. The van der Waals surface area contributed by atoms with Gasteiger partial charge in [0.15, 0.2) is 0 Å². The molecule has 2 heteroatoms. The zero-order valence-electron chi connectivity index (χ0n) is 8.24. The fourth-order valence-electron chi connectivity index (χ4n) is 1.63. The number of hydrogen-bond acceptors (Lipinski definition) is 2. The van der Waals surface area contributed by atoms with Crippen LogP contribution in [0.4, 0.5) is 0 Å². The maximum absolute atomic E-state index is 9.34. The quantitative estimate of drug-likeness (QED) is 0.745. The summed E-state index contributed by atoms with van der Waals surface area (Å²) in [5.41, 5.74) is 1.15. The van der Waals surface area contributed by atoms with Crippen LogP contribution in [0.2, 0.25) is 0 Å². The van der Waals surface area contributed by atoms with Crippen molar-refractivity contribution >= 4 is 10.8 Å². The molecule has 2 nitrogen and oxygen atoms in total. The third kappa shape index (κ3) is 1.39. The van der Waals surface area contributed by atoms with Gasteiger partial charge in [0, 0.05) is 0 Å². The molecule has 2 rings (SSSR count). The van der Waals surface area contributed by atoms with Crippen LogP contribution in [0.1, 0.15) is 5.56 Å². The minimum Gasteiger partial charge on any atom is -0.508 e. The number of hydrogen-bond donors (Lipinski definition) is 1. The van der Waals surface area contributed by atoms with E-state index in [9.17, 15) is 5.11 Å². The van der Waals surface area contributed by atoms with Crippen LogP contribution in [0.3, 0.4) is 0 Å². The summed E-state index contributed by atoms with van der Waals surface area (Å²) in [4.78, 5) is 0. The van der Waals surface area contributed by atoms with Crippen molar-refractivity contribution in [3.63, 3.8) is 0 Å². The van der Waals surface area contributed by atoms with E-state index >= 15 is 0 Å². The lowest BCUT2D eigenvalue weighted by Gasteiger charge is -2.06. The molecule has 0 aliphatic carbocycles. The fraction of sp³-hybridized carbons (Fsp3) is 0.167. The molecule has 2 aromatic carbocycles. The highest BCUT2D eigenvalue weighted by atomic mass is 16.5. The molecule has 0 aliphatic heterocycles. The van der Waals surface area contributed by atoms with Gasteiger partial charge in [0.2, 0.25) is 0 Å². The molecule has 0 spiro atoms. The predicted octanol–water partition coefficient (Wildman–Crippen LogP) is 2.86. The van der Waals surface area contributed by atoms with E-state index in [0.717, 1.165) is 22.1 Å². The Morgan fingerprint density at radius 3 is 2.64 bits per heavy atom. The summed E-state index contributed by atoms with van der Waals surface area (Å²) in [7, 11) is 1.64. The minimum atomic E-state index is 0.283. The lowest BCUT2D eigenvalue weighted by Crippen LogP contribution is -1.85. The van der Waals surface area contributed by atoms with E-state index in [0.29, 0.717) is 0 Å². The summed E-state index contributed by atoms with van der Waals surface area (Å²) in [5, 5.41) is 11.5. The van der Waals surface area contributed by atoms with Gasteiger partial charge in [0.1, 0.15) is 11.5 Å². The molecule has 0 aliphatic rings. The number of ether oxygens (including phenoxy) is 1. The van der Waals surface area contributed by atoms with Crippen LogP contribution in [0.5, 0.6) is 11.5 Å². The Kier molecular flexibility index (Phi) is 2.04. The van der Waals surface area contributed by atoms with E-state index in [2.05, 4.69) is 0 Å². The van der Waals surface area contributed by atoms with Gasteiger partial charge in [0.05, 0.1) is 7.11 Å². The van der Waals surface area contributed by atoms with Gasteiger partial charge in [-0.25, -0.2) is 0 Å². The van der Waals surface area contributed by atoms with Crippen LogP contribution < -0.4 is 4.74 Å². The van der Waals surface area contributed by atoms with Crippen LogP contribution in [-0.2, 0) is 0 Å². The Hall–Kier alpha value is -1.70. The lowest BCUT2D eigenvalue weighted by molar-refractivity contribution is 0.415. The standard InChI is InChI=1S/C12H12O2/c1-8-5-11(14-2)7-9-6-10(13)3-4-12(8)9/h3-7,13H,1-2H3. The topological polar surface area (TPSA) is 29.5 Å². The molecule has 0 bridgehead atoms. The van der Waals surface area contributed by atoms with Crippen molar-refractivity contribution in [2.24, 2.45) is 0 Å². The van der Waals surface area contributed by atoms with Gasteiger partial charge in [0.25, 0.3) is 0 Å². The van der Waals surface area contributed by atoms with Crippen molar-refractivity contribution in [3.8, 4) is 11.5 Å². The average Bonchev–Trinajstić information content (AvgIpc) is 2.16.